The van der Waals surface area contributed by atoms with Crippen LogP contribution in [0.5, 0.6) is 0 Å². The molecule has 0 aliphatic heterocycles. The normalized spacial score (nSPS) is 13.1. The summed E-state index contributed by atoms with van der Waals surface area (Å²) >= 11 is 12.0. The van der Waals surface area contributed by atoms with Crippen molar-refractivity contribution in [3.8, 4) is 0 Å². The van der Waals surface area contributed by atoms with Crippen LogP contribution in [0.3, 0.4) is 0 Å². The Balaban J connectivity index is 2.91. The molecule has 0 aromatic heterocycles. The van der Waals surface area contributed by atoms with Crippen molar-refractivity contribution >= 4 is 23.2 Å². The fourth-order valence-corrected chi connectivity index (χ4v) is 2.04. The van der Waals surface area contributed by atoms with Gasteiger partial charge in [0.1, 0.15) is 0 Å². The number of ether oxygens (including phenoxy) is 1. The lowest BCUT2D eigenvalue weighted by Crippen LogP contribution is -2.22. The van der Waals surface area contributed by atoms with Gasteiger partial charge in [-0.3, -0.25) is 0 Å². The van der Waals surface area contributed by atoms with Crippen molar-refractivity contribution in [3.05, 3.63) is 33.8 Å². The molecule has 0 heterocycles. The summed E-state index contributed by atoms with van der Waals surface area (Å²) in [5.74, 6) is 0. The minimum atomic E-state index is -0.0465. The first kappa shape index (κ1) is 13.8. The number of hydrogen-bond donors (Lipinski definition) is 1. The first-order chi connectivity index (χ1) is 7.54. The van der Waals surface area contributed by atoms with Crippen LogP contribution >= 0.6 is 23.2 Å². The number of halogens is 2. The van der Waals surface area contributed by atoms with Crippen molar-refractivity contribution in [2.75, 3.05) is 13.6 Å². The van der Waals surface area contributed by atoms with Crippen molar-refractivity contribution in [3.63, 3.8) is 0 Å². The molecule has 0 fully saturated rings. The van der Waals surface area contributed by atoms with E-state index in [0.29, 0.717) is 10.0 Å². The van der Waals surface area contributed by atoms with Crippen LogP contribution in [0.1, 0.15) is 25.5 Å². The van der Waals surface area contributed by atoms with Crippen LogP contribution in [0.15, 0.2) is 18.2 Å². The summed E-state index contributed by atoms with van der Waals surface area (Å²) in [6.45, 7) is 4.73. The van der Waals surface area contributed by atoms with E-state index in [1.54, 1.807) is 6.07 Å². The van der Waals surface area contributed by atoms with Gasteiger partial charge in [-0.05, 0) is 33.0 Å². The second-order valence-corrected chi connectivity index (χ2v) is 4.74. The van der Waals surface area contributed by atoms with E-state index in [0.717, 1.165) is 12.1 Å². The quantitative estimate of drug-likeness (QED) is 0.874. The zero-order valence-electron chi connectivity index (χ0n) is 9.76. The first-order valence-corrected chi connectivity index (χ1v) is 6.05. The third-order valence-electron chi connectivity index (χ3n) is 2.14. The van der Waals surface area contributed by atoms with Crippen LogP contribution in [-0.2, 0) is 4.74 Å². The number of benzene rings is 1. The highest BCUT2D eigenvalue weighted by atomic mass is 35.5. The summed E-state index contributed by atoms with van der Waals surface area (Å²) in [6, 6.07) is 5.48. The molecule has 1 N–H and O–H groups in total. The van der Waals surface area contributed by atoms with Gasteiger partial charge in [-0.25, -0.2) is 0 Å². The van der Waals surface area contributed by atoms with Crippen molar-refractivity contribution in [2.45, 2.75) is 26.1 Å². The molecule has 0 radical (unpaired) electrons. The Kier molecular flexibility index (Phi) is 5.56. The largest absolute Gasteiger partial charge is 0.369 e. The maximum atomic E-state index is 6.15. The molecule has 1 aromatic carbocycles. The van der Waals surface area contributed by atoms with E-state index >= 15 is 0 Å². The predicted molar refractivity (Wildman–Crippen MR) is 69.4 cm³/mol. The molecular formula is C12H17Cl2NO. The molecule has 0 spiro atoms. The lowest BCUT2D eigenvalue weighted by molar-refractivity contribution is 0.00820. The molecule has 90 valence electrons. The van der Waals surface area contributed by atoms with Gasteiger partial charge in [0.05, 0.1) is 12.2 Å². The maximum Gasteiger partial charge on any atom is 0.0966 e. The van der Waals surface area contributed by atoms with Gasteiger partial charge < -0.3 is 10.1 Å². The Bertz CT molecular complexity index is 342. The SMILES string of the molecule is CNC[C@H](OC(C)C)c1ccc(Cl)cc1Cl. The van der Waals surface area contributed by atoms with Gasteiger partial charge >= 0.3 is 0 Å². The van der Waals surface area contributed by atoms with Gasteiger partial charge in [-0.2, -0.15) is 0 Å². The summed E-state index contributed by atoms with van der Waals surface area (Å²) in [6.07, 6.45) is 0.111. The van der Waals surface area contributed by atoms with Crippen molar-refractivity contribution in [2.24, 2.45) is 0 Å². The van der Waals surface area contributed by atoms with Crippen LogP contribution in [0.2, 0.25) is 10.0 Å². The summed E-state index contributed by atoms with van der Waals surface area (Å²) in [5.41, 5.74) is 0.967. The molecule has 2 nitrogen and oxygen atoms in total. The van der Waals surface area contributed by atoms with E-state index in [-0.39, 0.29) is 12.2 Å². The molecule has 0 saturated heterocycles. The molecule has 1 atom stereocenters. The van der Waals surface area contributed by atoms with Crippen LogP contribution < -0.4 is 5.32 Å². The molecule has 0 bridgehead atoms. The Morgan fingerprint density at radius 2 is 2.00 bits per heavy atom. The fourth-order valence-electron chi connectivity index (χ4n) is 1.51. The number of rotatable bonds is 5. The minimum Gasteiger partial charge on any atom is -0.369 e. The van der Waals surface area contributed by atoms with E-state index < -0.39 is 0 Å². The molecule has 0 aliphatic carbocycles. The lowest BCUT2D eigenvalue weighted by atomic mass is 10.1. The minimum absolute atomic E-state index is 0.0465. The Morgan fingerprint density at radius 3 is 2.50 bits per heavy atom. The van der Waals surface area contributed by atoms with E-state index in [4.69, 9.17) is 27.9 Å². The predicted octanol–water partition coefficient (Wildman–Crippen LogP) is 3.68. The number of likely N-dealkylation sites (N-methyl/N-ethyl adjacent to an activating group) is 1. The van der Waals surface area contributed by atoms with Crippen molar-refractivity contribution < 1.29 is 4.74 Å². The van der Waals surface area contributed by atoms with E-state index in [9.17, 15) is 0 Å². The molecule has 1 aromatic rings. The third-order valence-corrected chi connectivity index (χ3v) is 2.70. The van der Waals surface area contributed by atoms with Crippen LogP contribution in [0.4, 0.5) is 0 Å². The lowest BCUT2D eigenvalue weighted by Gasteiger charge is -2.21. The standard InChI is InChI=1S/C12H17Cl2NO/c1-8(2)16-12(7-15-3)10-5-4-9(13)6-11(10)14/h4-6,8,12,15H,7H2,1-3H3/t12-/m0/s1. The average Bonchev–Trinajstić information content (AvgIpc) is 2.16. The number of nitrogens with one attached hydrogen (secondary N) is 1. The average molecular weight is 262 g/mol. The molecule has 4 heteroatoms. The second-order valence-electron chi connectivity index (χ2n) is 3.90. The highest BCUT2D eigenvalue weighted by Gasteiger charge is 2.16. The molecule has 16 heavy (non-hydrogen) atoms. The fraction of sp³-hybridized carbons (Fsp3) is 0.500. The first-order valence-electron chi connectivity index (χ1n) is 5.29. The Hall–Kier alpha value is -0.280. The molecule has 0 unspecified atom stereocenters. The van der Waals surface area contributed by atoms with E-state index in [1.807, 2.05) is 33.0 Å². The van der Waals surface area contributed by atoms with Crippen LogP contribution in [0.25, 0.3) is 0 Å². The highest BCUT2D eigenvalue weighted by Crippen LogP contribution is 2.28. The monoisotopic (exact) mass is 261 g/mol. The highest BCUT2D eigenvalue weighted by molar-refractivity contribution is 6.35. The molecule has 0 saturated carbocycles. The van der Waals surface area contributed by atoms with Gasteiger partial charge in [0.25, 0.3) is 0 Å². The smallest absolute Gasteiger partial charge is 0.0966 e. The zero-order chi connectivity index (χ0) is 12.1. The summed E-state index contributed by atoms with van der Waals surface area (Å²) in [7, 11) is 1.89. The van der Waals surface area contributed by atoms with Gasteiger partial charge in [0.15, 0.2) is 0 Å². The van der Waals surface area contributed by atoms with Crippen LogP contribution in [0, 0.1) is 0 Å². The molecule has 0 aliphatic rings. The van der Waals surface area contributed by atoms with Crippen molar-refractivity contribution in [1.82, 2.24) is 5.32 Å². The summed E-state index contributed by atoms with van der Waals surface area (Å²) in [5, 5.41) is 4.38. The number of hydrogen-bond acceptors (Lipinski definition) is 2. The van der Waals surface area contributed by atoms with E-state index in [1.165, 1.54) is 0 Å². The van der Waals surface area contributed by atoms with E-state index in [2.05, 4.69) is 5.32 Å². The molecular weight excluding hydrogens is 245 g/mol. The topological polar surface area (TPSA) is 21.3 Å². The van der Waals surface area contributed by atoms with Gasteiger partial charge in [0.2, 0.25) is 0 Å². The molecule has 0 amide bonds. The van der Waals surface area contributed by atoms with Gasteiger partial charge in [-0.15, -0.1) is 0 Å². The second kappa shape index (κ2) is 6.45. The summed E-state index contributed by atoms with van der Waals surface area (Å²) in [4.78, 5) is 0. The van der Waals surface area contributed by atoms with Crippen molar-refractivity contribution in [1.29, 1.82) is 0 Å². The van der Waals surface area contributed by atoms with Crippen LogP contribution in [-0.4, -0.2) is 19.7 Å². The zero-order valence-corrected chi connectivity index (χ0v) is 11.3. The van der Waals surface area contributed by atoms with Gasteiger partial charge in [-0.1, -0.05) is 29.3 Å². The Morgan fingerprint density at radius 1 is 1.31 bits per heavy atom. The Labute approximate surface area is 107 Å². The van der Waals surface area contributed by atoms with Gasteiger partial charge in [0, 0.05) is 22.2 Å². The maximum absolute atomic E-state index is 6.15. The third kappa shape index (κ3) is 3.95. The summed E-state index contributed by atoms with van der Waals surface area (Å²) < 4.78 is 5.81. The molecule has 1 rings (SSSR count).